The van der Waals surface area contributed by atoms with Gasteiger partial charge in [-0.1, -0.05) is 12.1 Å². The van der Waals surface area contributed by atoms with Gasteiger partial charge in [0.1, 0.15) is 0 Å². The lowest BCUT2D eigenvalue weighted by atomic mass is 10.2. The number of amides is 1. The molecule has 2 heterocycles. The number of hydrogen-bond donors (Lipinski definition) is 2. The number of rotatable bonds is 7. The third-order valence-electron chi connectivity index (χ3n) is 4.95. The van der Waals surface area contributed by atoms with Gasteiger partial charge < -0.3 is 25.0 Å². The molecule has 1 saturated heterocycles. The third kappa shape index (κ3) is 5.50. The monoisotopic (exact) mass is 437 g/mol. The SMILES string of the molecule is CC(Oc1ccccc1F)C(=O)Nc1ccc(Nc2cc(N3CCOCC3)cnn2)cc1. The highest BCUT2D eigenvalue weighted by Crippen LogP contribution is 2.22. The Balaban J connectivity index is 1.34. The number of anilines is 4. The molecule has 166 valence electrons. The highest BCUT2D eigenvalue weighted by atomic mass is 19.1. The number of carbonyl (C=O) groups excluding carboxylic acids is 1. The number of aromatic nitrogens is 2. The second-order valence-corrected chi connectivity index (χ2v) is 7.28. The average molecular weight is 437 g/mol. The molecule has 3 aromatic rings. The maximum Gasteiger partial charge on any atom is 0.265 e. The maximum absolute atomic E-state index is 13.7. The van der Waals surface area contributed by atoms with Crippen LogP contribution in [0.4, 0.5) is 27.3 Å². The molecule has 1 aliphatic rings. The van der Waals surface area contributed by atoms with Crippen LogP contribution in [0.15, 0.2) is 60.8 Å². The van der Waals surface area contributed by atoms with Gasteiger partial charge in [-0.15, -0.1) is 5.10 Å². The van der Waals surface area contributed by atoms with Crippen molar-refractivity contribution in [1.82, 2.24) is 10.2 Å². The van der Waals surface area contributed by atoms with Crippen molar-refractivity contribution >= 4 is 28.8 Å². The van der Waals surface area contributed by atoms with Crippen molar-refractivity contribution in [3.05, 3.63) is 66.6 Å². The average Bonchev–Trinajstić information content (AvgIpc) is 2.82. The molecule has 2 aromatic carbocycles. The summed E-state index contributed by atoms with van der Waals surface area (Å²) in [6.45, 7) is 4.60. The summed E-state index contributed by atoms with van der Waals surface area (Å²) in [5.41, 5.74) is 2.38. The number of benzene rings is 2. The van der Waals surface area contributed by atoms with Crippen molar-refractivity contribution in [3.8, 4) is 5.75 Å². The first kappa shape index (κ1) is 21.5. The van der Waals surface area contributed by atoms with Crippen LogP contribution in [0.25, 0.3) is 0 Å². The number of morpholine rings is 1. The van der Waals surface area contributed by atoms with Crippen LogP contribution in [0.2, 0.25) is 0 Å². The van der Waals surface area contributed by atoms with Crippen LogP contribution in [0.3, 0.4) is 0 Å². The van der Waals surface area contributed by atoms with Crippen LogP contribution < -0.4 is 20.3 Å². The topological polar surface area (TPSA) is 88.6 Å². The first-order valence-corrected chi connectivity index (χ1v) is 10.3. The van der Waals surface area contributed by atoms with Crippen LogP contribution in [0.1, 0.15) is 6.92 Å². The molecule has 0 bridgehead atoms. The Hall–Kier alpha value is -3.72. The Morgan fingerprint density at radius 1 is 1.12 bits per heavy atom. The first-order valence-electron chi connectivity index (χ1n) is 10.3. The number of ether oxygens (including phenoxy) is 2. The number of hydrogen-bond acceptors (Lipinski definition) is 7. The highest BCUT2D eigenvalue weighted by Gasteiger charge is 2.17. The molecule has 0 aliphatic carbocycles. The second-order valence-electron chi connectivity index (χ2n) is 7.28. The van der Waals surface area contributed by atoms with Crippen molar-refractivity contribution in [1.29, 1.82) is 0 Å². The van der Waals surface area contributed by atoms with E-state index in [0.29, 0.717) is 24.7 Å². The van der Waals surface area contributed by atoms with Gasteiger partial charge in [0.05, 0.1) is 25.1 Å². The molecule has 32 heavy (non-hydrogen) atoms. The molecule has 2 N–H and O–H groups in total. The van der Waals surface area contributed by atoms with Crippen molar-refractivity contribution < 1.29 is 18.7 Å². The largest absolute Gasteiger partial charge is 0.478 e. The minimum absolute atomic E-state index is 0.0371. The molecule has 1 atom stereocenters. The molecule has 8 nitrogen and oxygen atoms in total. The van der Waals surface area contributed by atoms with E-state index in [4.69, 9.17) is 9.47 Å². The molecule has 1 fully saturated rings. The van der Waals surface area contributed by atoms with Crippen molar-refractivity contribution in [2.45, 2.75) is 13.0 Å². The van der Waals surface area contributed by atoms with E-state index >= 15 is 0 Å². The summed E-state index contributed by atoms with van der Waals surface area (Å²) >= 11 is 0. The zero-order valence-corrected chi connectivity index (χ0v) is 17.6. The molecule has 9 heteroatoms. The number of nitrogens with zero attached hydrogens (tertiary/aromatic N) is 3. The van der Waals surface area contributed by atoms with Crippen molar-refractivity contribution in [2.75, 3.05) is 41.8 Å². The van der Waals surface area contributed by atoms with E-state index in [-0.39, 0.29) is 11.7 Å². The summed E-state index contributed by atoms with van der Waals surface area (Å²) in [5.74, 6) is -0.228. The van der Waals surface area contributed by atoms with Gasteiger partial charge in [0.25, 0.3) is 5.91 Å². The Bertz CT molecular complexity index is 1060. The summed E-state index contributed by atoms with van der Waals surface area (Å²) in [6, 6.07) is 15.1. The van der Waals surface area contributed by atoms with E-state index in [1.54, 1.807) is 37.4 Å². The zero-order chi connectivity index (χ0) is 22.3. The van der Waals surface area contributed by atoms with Crippen molar-refractivity contribution in [3.63, 3.8) is 0 Å². The quantitative estimate of drug-likeness (QED) is 0.584. The Kier molecular flexibility index (Phi) is 6.76. The molecule has 4 rings (SSSR count). The fourth-order valence-corrected chi connectivity index (χ4v) is 3.22. The highest BCUT2D eigenvalue weighted by molar-refractivity contribution is 5.94. The first-order chi connectivity index (χ1) is 15.6. The summed E-state index contributed by atoms with van der Waals surface area (Å²) in [4.78, 5) is 14.6. The van der Waals surface area contributed by atoms with Gasteiger partial charge in [0, 0.05) is 30.5 Å². The van der Waals surface area contributed by atoms with Gasteiger partial charge in [0.2, 0.25) is 0 Å². The van der Waals surface area contributed by atoms with E-state index in [9.17, 15) is 9.18 Å². The zero-order valence-electron chi connectivity index (χ0n) is 17.6. The molecule has 1 aromatic heterocycles. The number of halogens is 1. The predicted molar refractivity (Wildman–Crippen MR) is 120 cm³/mol. The molecule has 1 amide bonds. The normalized spacial score (nSPS) is 14.5. The van der Waals surface area contributed by atoms with Crippen LogP contribution in [-0.4, -0.2) is 48.5 Å². The second kappa shape index (κ2) is 10.1. The predicted octanol–water partition coefficient (Wildman–Crippen LogP) is 3.60. The molecule has 1 aliphatic heterocycles. The third-order valence-corrected chi connectivity index (χ3v) is 4.95. The van der Waals surface area contributed by atoms with Gasteiger partial charge in [0.15, 0.2) is 23.5 Å². The van der Waals surface area contributed by atoms with Gasteiger partial charge in [-0.2, -0.15) is 5.10 Å². The summed E-state index contributed by atoms with van der Waals surface area (Å²) in [5, 5.41) is 14.2. The standard InChI is InChI=1S/C23H24FN5O3/c1-16(32-21-5-3-2-4-20(21)24)23(30)27-18-8-6-17(7-9-18)26-22-14-19(15-25-28-22)29-10-12-31-13-11-29/h2-9,14-16H,10-13H2,1H3,(H,26,28)(H,27,30). The smallest absolute Gasteiger partial charge is 0.265 e. The number of para-hydroxylation sites is 1. The summed E-state index contributed by atoms with van der Waals surface area (Å²) < 4.78 is 24.5. The fourth-order valence-electron chi connectivity index (χ4n) is 3.22. The van der Waals surface area contributed by atoms with E-state index in [1.165, 1.54) is 12.1 Å². The molecule has 0 spiro atoms. The molecule has 1 unspecified atom stereocenters. The van der Waals surface area contributed by atoms with E-state index in [0.717, 1.165) is 24.5 Å². The Morgan fingerprint density at radius 2 is 1.84 bits per heavy atom. The Labute approximate surface area is 185 Å². The van der Waals surface area contributed by atoms with Gasteiger partial charge in [-0.3, -0.25) is 4.79 Å². The molecule has 0 radical (unpaired) electrons. The van der Waals surface area contributed by atoms with Crippen LogP contribution in [-0.2, 0) is 9.53 Å². The van der Waals surface area contributed by atoms with E-state index < -0.39 is 11.9 Å². The molecular formula is C23H24FN5O3. The minimum Gasteiger partial charge on any atom is -0.478 e. The summed E-state index contributed by atoms with van der Waals surface area (Å²) in [6.07, 6.45) is 0.877. The Morgan fingerprint density at radius 3 is 2.59 bits per heavy atom. The fraction of sp³-hybridized carbons (Fsp3) is 0.261. The lowest BCUT2D eigenvalue weighted by Gasteiger charge is -2.28. The summed E-state index contributed by atoms with van der Waals surface area (Å²) in [7, 11) is 0. The minimum atomic E-state index is -0.858. The van der Waals surface area contributed by atoms with Gasteiger partial charge >= 0.3 is 0 Å². The van der Waals surface area contributed by atoms with E-state index in [1.807, 2.05) is 18.2 Å². The molecule has 0 saturated carbocycles. The lowest BCUT2D eigenvalue weighted by molar-refractivity contribution is -0.122. The van der Waals surface area contributed by atoms with Crippen LogP contribution in [0.5, 0.6) is 5.75 Å². The van der Waals surface area contributed by atoms with Gasteiger partial charge in [-0.05, 0) is 43.3 Å². The van der Waals surface area contributed by atoms with Gasteiger partial charge in [-0.25, -0.2) is 4.39 Å². The van der Waals surface area contributed by atoms with E-state index in [2.05, 4.69) is 25.7 Å². The lowest BCUT2D eigenvalue weighted by Crippen LogP contribution is -2.36. The van der Waals surface area contributed by atoms with Crippen LogP contribution >= 0.6 is 0 Å². The molecular weight excluding hydrogens is 413 g/mol. The van der Waals surface area contributed by atoms with Crippen molar-refractivity contribution in [2.24, 2.45) is 0 Å². The number of nitrogens with one attached hydrogen (secondary N) is 2. The maximum atomic E-state index is 13.7. The van der Waals surface area contributed by atoms with Crippen LogP contribution in [0, 0.1) is 5.82 Å². The number of carbonyl (C=O) groups is 1.